The summed E-state index contributed by atoms with van der Waals surface area (Å²) in [5.41, 5.74) is 8.31. The highest BCUT2D eigenvalue weighted by molar-refractivity contribution is 5.91. The van der Waals surface area contributed by atoms with Crippen LogP contribution in [0.3, 0.4) is 0 Å². The smallest absolute Gasteiger partial charge is 0.331 e. The van der Waals surface area contributed by atoms with E-state index in [0.717, 1.165) is 59.5 Å². The molecular weight excluding hydrogens is 889 g/mol. The lowest BCUT2D eigenvalue weighted by molar-refractivity contribution is -0.941. The van der Waals surface area contributed by atoms with Crippen LogP contribution in [0.2, 0.25) is 0 Å². The van der Waals surface area contributed by atoms with E-state index in [1.807, 2.05) is 42.5 Å². The van der Waals surface area contributed by atoms with Gasteiger partial charge in [-0.2, -0.15) is 0 Å². The lowest BCUT2D eigenvalue weighted by atomic mass is 9.82. The molecule has 2 heterocycles. The molecule has 0 radical (unpaired) electrons. The van der Waals surface area contributed by atoms with Crippen LogP contribution in [0.1, 0.15) is 80.6 Å². The Bertz CT molecular complexity index is 2450. The maximum Gasteiger partial charge on any atom is 0.331 e. The number of aliphatic hydroxyl groups excluding tert-OH is 4. The van der Waals surface area contributed by atoms with Gasteiger partial charge in [-0.05, 0) is 64.2 Å². The summed E-state index contributed by atoms with van der Waals surface area (Å²) in [5, 5.41) is 40.9. The van der Waals surface area contributed by atoms with Crippen LogP contribution >= 0.6 is 0 Å². The van der Waals surface area contributed by atoms with Crippen LogP contribution < -0.4 is 28.4 Å². The molecule has 4 atom stereocenters. The highest BCUT2D eigenvalue weighted by Crippen LogP contribution is 2.47. The number of hydrogen-bond acceptors (Lipinski definition) is 14. The molecule has 2 aliphatic rings. The van der Waals surface area contributed by atoms with Crippen molar-refractivity contribution in [2.75, 3.05) is 96.1 Å². The molecule has 4 aromatic rings. The number of hydrogen-bond donors (Lipinski definition) is 4. The molecule has 4 aromatic carbocycles. The lowest BCUT2D eigenvalue weighted by Crippen LogP contribution is -2.53. The van der Waals surface area contributed by atoms with Gasteiger partial charge in [0.1, 0.15) is 23.6 Å². The molecule has 0 amide bonds. The van der Waals surface area contributed by atoms with Crippen molar-refractivity contribution in [3.8, 4) is 34.5 Å². The van der Waals surface area contributed by atoms with E-state index in [-0.39, 0.29) is 51.7 Å². The molecule has 6 rings (SSSR count). The summed E-state index contributed by atoms with van der Waals surface area (Å²) in [6.07, 6.45) is 5.21. The minimum atomic E-state index is -0.664. The van der Waals surface area contributed by atoms with Crippen LogP contribution in [0.5, 0.6) is 34.5 Å². The standard InChI is InChI=1S/C53H70N2O14/c1-54(19-16-36-26-39(31-57)42(33-59)53(67-8)51(36)43(54)24-34-23-38(30-56)41(32-58)45(25-34)63-4)17-9-21-68-49(60)13-14-50(61)69-22-10-18-55(2)20-15-35-27-47(65-6)48(66-7)29-40(35)52(55)37-11-12-44(62-3)46(28-37)64-5/h11-14,23,25-29,43,52,56-59H,9-10,15-22,24,30-33H2,1-8H3/q+2. The number of ether oxygens (including phenoxy) is 8. The van der Waals surface area contributed by atoms with Gasteiger partial charge in [0.15, 0.2) is 23.0 Å². The van der Waals surface area contributed by atoms with E-state index in [4.69, 9.17) is 37.9 Å². The minimum absolute atomic E-state index is 0.0985. The zero-order valence-electron chi connectivity index (χ0n) is 41.3. The molecule has 16 heteroatoms. The van der Waals surface area contributed by atoms with Gasteiger partial charge in [-0.1, -0.05) is 12.1 Å². The molecular formula is C53H70N2O14+2. The first-order valence-corrected chi connectivity index (χ1v) is 23.3. The maximum absolute atomic E-state index is 12.9. The number of esters is 2. The average Bonchev–Trinajstić information content (AvgIpc) is 3.37. The molecule has 0 aromatic heterocycles. The number of carbonyl (C=O) groups is 2. The minimum Gasteiger partial charge on any atom is -0.496 e. The summed E-state index contributed by atoms with van der Waals surface area (Å²) in [6, 6.07) is 15.4. The number of fused-ring (bicyclic) bond motifs is 2. The summed E-state index contributed by atoms with van der Waals surface area (Å²) in [7, 11) is 13.9. The fourth-order valence-electron chi connectivity index (χ4n) is 10.5. The Kier molecular flexibility index (Phi) is 18.0. The van der Waals surface area contributed by atoms with Gasteiger partial charge in [0.2, 0.25) is 0 Å². The third kappa shape index (κ3) is 11.4. The van der Waals surface area contributed by atoms with E-state index in [1.165, 1.54) is 12.7 Å². The second kappa shape index (κ2) is 23.6. The molecule has 374 valence electrons. The molecule has 4 N–H and O–H groups in total. The number of carbonyl (C=O) groups excluding carboxylic acids is 2. The molecule has 0 saturated carbocycles. The molecule has 0 spiro atoms. The Morgan fingerprint density at radius 2 is 1.14 bits per heavy atom. The predicted molar refractivity (Wildman–Crippen MR) is 257 cm³/mol. The van der Waals surface area contributed by atoms with Gasteiger partial charge in [0, 0.05) is 66.5 Å². The van der Waals surface area contributed by atoms with E-state index in [0.29, 0.717) is 104 Å². The first-order chi connectivity index (χ1) is 33.3. The average molecular weight is 959 g/mol. The molecule has 16 nitrogen and oxygen atoms in total. The van der Waals surface area contributed by atoms with Gasteiger partial charge >= 0.3 is 11.9 Å². The van der Waals surface area contributed by atoms with Crippen molar-refractivity contribution in [2.24, 2.45) is 0 Å². The molecule has 4 unspecified atom stereocenters. The van der Waals surface area contributed by atoms with Gasteiger partial charge in [-0.3, -0.25) is 0 Å². The fraction of sp³-hybridized carbons (Fsp3) is 0.472. The number of rotatable bonds is 23. The zero-order chi connectivity index (χ0) is 49.9. The normalized spacial score (nSPS) is 19.6. The predicted octanol–water partition coefficient (Wildman–Crippen LogP) is 5.21. The SMILES string of the molecule is COc1ccc(C2c3cc(OC)c(OC)cc3CC[N+]2(C)CCCOC(=O)C=CC(=O)OCCC[N+]2(C)CCc3cc(CO)c(CO)c(OC)c3C2Cc2cc(CO)c(CO)c(OC)c2)cc1OC. The summed E-state index contributed by atoms with van der Waals surface area (Å²) in [5.74, 6) is 2.26. The second-order valence-electron chi connectivity index (χ2n) is 18.1. The molecule has 0 aliphatic carbocycles. The van der Waals surface area contributed by atoms with E-state index >= 15 is 0 Å². The highest BCUT2D eigenvalue weighted by atomic mass is 16.5. The van der Waals surface area contributed by atoms with Gasteiger partial charge in [-0.25, -0.2) is 9.59 Å². The van der Waals surface area contributed by atoms with Gasteiger partial charge in [-0.15, -0.1) is 0 Å². The summed E-state index contributed by atoms with van der Waals surface area (Å²) in [6.45, 7) is 1.91. The number of benzene rings is 4. The lowest BCUT2D eigenvalue weighted by Gasteiger charge is -2.46. The maximum atomic E-state index is 12.9. The van der Waals surface area contributed by atoms with E-state index in [2.05, 4.69) is 20.2 Å². The Balaban J connectivity index is 1.09. The number of likely N-dealkylation sites (N-methyl/N-ethyl adjacent to an activating group) is 2. The van der Waals surface area contributed by atoms with E-state index in [9.17, 15) is 30.0 Å². The Morgan fingerprint density at radius 1 is 0.594 bits per heavy atom. The fourth-order valence-corrected chi connectivity index (χ4v) is 10.5. The summed E-state index contributed by atoms with van der Waals surface area (Å²) in [4.78, 5) is 25.7. The van der Waals surface area contributed by atoms with Crippen LogP contribution in [0.15, 0.2) is 60.7 Å². The summed E-state index contributed by atoms with van der Waals surface area (Å²) >= 11 is 0. The van der Waals surface area contributed by atoms with E-state index < -0.39 is 11.9 Å². The zero-order valence-corrected chi connectivity index (χ0v) is 41.3. The molecule has 0 saturated heterocycles. The Labute approximate surface area is 405 Å². The van der Waals surface area contributed by atoms with Gasteiger partial charge < -0.3 is 67.3 Å². The largest absolute Gasteiger partial charge is 0.496 e. The number of methoxy groups -OCH3 is 6. The quantitative estimate of drug-likeness (QED) is 0.0328. The number of quaternary nitrogens is 2. The second-order valence-corrected chi connectivity index (χ2v) is 18.1. The van der Waals surface area contributed by atoms with Crippen molar-refractivity contribution in [3.63, 3.8) is 0 Å². The van der Waals surface area contributed by atoms with Crippen LogP contribution in [-0.4, -0.2) is 137 Å². The van der Waals surface area contributed by atoms with Crippen molar-refractivity contribution in [1.29, 1.82) is 0 Å². The van der Waals surface area contributed by atoms with Crippen LogP contribution in [0.25, 0.3) is 0 Å². The third-order valence-corrected chi connectivity index (χ3v) is 14.1. The van der Waals surface area contributed by atoms with Crippen molar-refractivity contribution in [2.45, 2.75) is 70.6 Å². The van der Waals surface area contributed by atoms with Crippen LogP contribution in [0, 0.1) is 0 Å². The monoisotopic (exact) mass is 958 g/mol. The van der Waals surface area contributed by atoms with Crippen molar-refractivity contribution in [3.05, 3.63) is 116 Å². The summed E-state index contributed by atoms with van der Waals surface area (Å²) < 4.78 is 46.5. The van der Waals surface area contributed by atoms with E-state index in [1.54, 1.807) is 35.5 Å². The number of nitrogens with zero attached hydrogens (tertiary/aromatic N) is 2. The van der Waals surface area contributed by atoms with Gasteiger partial charge in [0.05, 0.1) is 128 Å². The molecule has 0 bridgehead atoms. The first kappa shape index (κ1) is 52.5. The van der Waals surface area contributed by atoms with Crippen molar-refractivity contribution >= 4 is 11.9 Å². The van der Waals surface area contributed by atoms with Crippen molar-refractivity contribution < 1.29 is 76.9 Å². The third-order valence-electron chi connectivity index (χ3n) is 14.1. The Hall–Kier alpha value is -5.88. The first-order valence-electron chi connectivity index (χ1n) is 23.3. The van der Waals surface area contributed by atoms with Crippen LogP contribution in [-0.2, 0) is 64.8 Å². The molecule has 0 fully saturated rings. The molecule has 2 aliphatic heterocycles. The number of aliphatic hydroxyl groups is 4. The Morgan fingerprint density at radius 3 is 1.72 bits per heavy atom. The van der Waals surface area contributed by atoms with Crippen molar-refractivity contribution in [1.82, 2.24) is 0 Å². The topological polar surface area (TPSA) is 189 Å². The molecule has 69 heavy (non-hydrogen) atoms. The van der Waals surface area contributed by atoms with Gasteiger partial charge in [0.25, 0.3) is 0 Å². The van der Waals surface area contributed by atoms with Crippen LogP contribution in [0.4, 0.5) is 0 Å². The highest BCUT2D eigenvalue weighted by Gasteiger charge is 2.43.